The molecule has 0 radical (unpaired) electrons. The van der Waals surface area contributed by atoms with Gasteiger partial charge in [-0.3, -0.25) is 4.79 Å². The van der Waals surface area contributed by atoms with Crippen LogP contribution in [0.2, 0.25) is 5.02 Å². The molecule has 154 valence electrons. The number of aromatic nitrogens is 1. The molecule has 1 N–H and O–H groups in total. The van der Waals surface area contributed by atoms with Crippen molar-refractivity contribution in [2.24, 2.45) is 0 Å². The molecule has 2 aliphatic rings. The fraction of sp³-hybridized carbons (Fsp3) is 0.0833. The Morgan fingerprint density at radius 2 is 1.87 bits per heavy atom. The first-order chi connectivity index (χ1) is 15.0. The van der Waals surface area contributed by atoms with Crippen molar-refractivity contribution in [1.29, 1.82) is 0 Å². The van der Waals surface area contributed by atoms with Crippen LogP contribution < -0.4 is 15.5 Å². The lowest BCUT2D eigenvalue weighted by molar-refractivity contribution is 0.417. The number of ether oxygens (including phenoxy) is 1. The van der Waals surface area contributed by atoms with Crippen LogP contribution in [0.15, 0.2) is 59.4 Å². The van der Waals surface area contributed by atoms with E-state index in [-0.39, 0.29) is 11.2 Å². The lowest BCUT2D eigenvalue weighted by Crippen LogP contribution is -2.12. The Labute approximate surface area is 186 Å². The second-order valence-corrected chi connectivity index (χ2v) is 8.64. The maximum absolute atomic E-state index is 13.9. The number of halogens is 2. The highest BCUT2D eigenvalue weighted by atomic mass is 35.5. The van der Waals surface area contributed by atoms with E-state index in [1.54, 1.807) is 25.3 Å². The summed E-state index contributed by atoms with van der Waals surface area (Å²) < 4.78 is 20.0. The second kappa shape index (κ2) is 7.48. The Morgan fingerprint density at radius 3 is 2.65 bits per heavy atom. The number of aryl methyl sites for hydroxylation is 1. The normalized spacial score (nSPS) is 11.4. The summed E-state index contributed by atoms with van der Waals surface area (Å²) >= 11 is 7.57. The fourth-order valence-corrected chi connectivity index (χ4v) is 4.91. The van der Waals surface area contributed by atoms with Crippen molar-refractivity contribution < 1.29 is 9.13 Å². The molecule has 0 aromatic heterocycles. The zero-order valence-electron chi connectivity index (χ0n) is 16.6. The van der Waals surface area contributed by atoms with E-state index < -0.39 is 0 Å². The van der Waals surface area contributed by atoms with Gasteiger partial charge >= 0.3 is 0 Å². The van der Waals surface area contributed by atoms with E-state index in [2.05, 4.69) is 5.32 Å². The minimum absolute atomic E-state index is 0.161. The SMILES string of the molecule is COc1cc(Cl)c(C)cc1Nc1c2sc3cc(F)ccc3nc-2c2ccccc2c1=O. The van der Waals surface area contributed by atoms with Gasteiger partial charge in [0.25, 0.3) is 0 Å². The maximum atomic E-state index is 13.9. The number of benzene rings is 4. The van der Waals surface area contributed by atoms with Gasteiger partial charge in [0.15, 0.2) is 0 Å². The fourth-order valence-electron chi connectivity index (χ4n) is 3.65. The van der Waals surface area contributed by atoms with Gasteiger partial charge in [0, 0.05) is 21.9 Å². The molecule has 0 fully saturated rings. The molecular formula is C24H16ClFN2O2S. The van der Waals surface area contributed by atoms with Crippen LogP contribution in [0.3, 0.4) is 0 Å². The Kier molecular flexibility index (Phi) is 4.76. The van der Waals surface area contributed by atoms with E-state index in [0.29, 0.717) is 48.3 Å². The van der Waals surface area contributed by atoms with E-state index in [1.165, 1.54) is 23.5 Å². The summed E-state index contributed by atoms with van der Waals surface area (Å²) in [4.78, 5) is 18.9. The van der Waals surface area contributed by atoms with Crippen LogP contribution in [0.4, 0.5) is 15.8 Å². The van der Waals surface area contributed by atoms with Gasteiger partial charge in [0.2, 0.25) is 5.43 Å². The van der Waals surface area contributed by atoms with Gasteiger partial charge in [0.05, 0.1) is 33.6 Å². The van der Waals surface area contributed by atoms with Gasteiger partial charge in [-0.2, -0.15) is 0 Å². The molecule has 0 spiro atoms. The molecule has 0 bridgehead atoms. The van der Waals surface area contributed by atoms with Crippen molar-refractivity contribution in [1.82, 2.24) is 4.98 Å². The van der Waals surface area contributed by atoms with Crippen LogP contribution >= 0.6 is 22.9 Å². The Morgan fingerprint density at radius 1 is 1.10 bits per heavy atom. The van der Waals surface area contributed by atoms with Gasteiger partial charge in [-0.1, -0.05) is 35.9 Å². The molecule has 5 rings (SSSR count). The van der Waals surface area contributed by atoms with Crippen molar-refractivity contribution in [2.45, 2.75) is 6.92 Å². The number of methoxy groups -OCH3 is 1. The van der Waals surface area contributed by atoms with Crippen molar-refractivity contribution in [3.63, 3.8) is 0 Å². The highest BCUT2D eigenvalue weighted by Gasteiger charge is 2.22. The van der Waals surface area contributed by atoms with Gasteiger partial charge in [-0.25, -0.2) is 9.37 Å². The van der Waals surface area contributed by atoms with Gasteiger partial charge in [-0.15, -0.1) is 11.3 Å². The predicted molar refractivity (Wildman–Crippen MR) is 126 cm³/mol. The molecule has 31 heavy (non-hydrogen) atoms. The molecule has 4 nitrogen and oxygen atoms in total. The minimum atomic E-state index is -0.349. The van der Waals surface area contributed by atoms with Crippen LogP contribution in [-0.2, 0) is 0 Å². The molecule has 0 unspecified atom stereocenters. The van der Waals surface area contributed by atoms with Crippen molar-refractivity contribution in [3.8, 4) is 16.3 Å². The molecule has 1 heterocycles. The highest BCUT2D eigenvalue weighted by Crippen LogP contribution is 2.42. The molecule has 7 heteroatoms. The molecule has 1 aliphatic heterocycles. The molecule has 0 amide bonds. The lowest BCUT2D eigenvalue weighted by Gasteiger charge is -2.18. The molecule has 0 atom stereocenters. The molecule has 3 aromatic rings. The summed E-state index contributed by atoms with van der Waals surface area (Å²) in [6.07, 6.45) is 0. The van der Waals surface area contributed by atoms with E-state index in [9.17, 15) is 9.18 Å². The quantitative estimate of drug-likeness (QED) is 0.243. The van der Waals surface area contributed by atoms with E-state index in [0.717, 1.165) is 10.9 Å². The first kappa shape index (κ1) is 19.7. The second-order valence-electron chi connectivity index (χ2n) is 7.18. The highest BCUT2D eigenvalue weighted by molar-refractivity contribution is 7.22. The van der Waals surface area contributed by atoms with Crippen molar-refractivity contribution in [3.05, 3.63) is 81.2 Å². The molecular weight excluding hydrogens is 435 g/mol. The number of anilines is 2. The molecule has 3 aromatic carbocycles. The third-order valence-electron chi connectivity index (χ3n) is 5.20. The maximum Gasteiger partial charge on any atom is 0.211 e. The standard InChI is InChI=1S/C24H16ClFN2O2S/c1-12-9-18(19(30-2)11-16(12)25)28-22-23(29)15-6-4-3-5-14(15)21-24(22)31-20-10-13(26)7-8-17(20)27-21/h3-11,28H,1-2H3. The van der Waals surface area contributed by atoms with Crippen LogP contribution in [-0.4, -0.2) is 12.1 Å². The number of nitrogens with zero attached hydrogens (tertiary/aromatic N) is 1. The zero-order chi connectivity index (χ0) is 21.7. The average Bonchev–Trinajstić information content (AvgIpc) is 2.77. The molecule has 0 saturated heterocycles. The molecule has 0 saturated carbocycles. The number of hydrogen-bond acceptors (Lipinski definition) is 5. The number of rotatable bonds is 3. The number of fused-ring (bicyclic) bond motifs is 4. The summed E-state index contributed by atoms with van der Waals surface area (Å²) in [5.41, 5.74) is 3.03. The van der Waals surface area contributed by atoms with Crippen LogP contribution in [0, 0.1) is 12.7 Å². The number of nitrogens with one attached hydrogen (secondary N) is 1. The van der Waals surface area contributed by atoms with Gasteiger partial charge in [-0.05, 0) is 36.8 Å². The number of hydrogen-bond donors (Lipinski definition) is 1. The monoisotopic (exact) mass is 450 g/mol. The average molecular weight is 451 g/mol. The van der Waals surface area contributed by atoms with E-state index in [4.69, 9.17) is 21.3 Å². The lowest BCUT2D eigenvalue weighted by atomic mass is 10.0. The summed E-state index contributed by atoms with van der Waals surface area (Å²) in [6.45, 7) is 1.88. The summed E-state index contributed by atoms with van der Waals surface area (Å²) in [5.74, 6) is 0.165. The van der Waals surface area contributed by atoms with E-state index >= 15 is 0 Å². The molecule has 1 aliphatic carbocycles. The summed E-state index contributed by atoms with van der Waals surface area (Å²) in [5, 5.41) is 5.14. The van der Waals surface area contributed by atoms with Gasteiger partial charge in [0.1, 0.15) is 17.3 Å². The zero-order valence-corrected chi connectivity index (χ0v) is 18.2. The van der Waals surface area contributed by atoms with E-state index in [1.807, 2.05) is 31.2 Å². The van der Waals surface area contributed by atoms with Crippen molar-refractivity contribution in [2.75, 3.05) is 12.4 Å². The van der Waals surface area contributed by atoms with Crippen LogP contribution in [0.5, 0.6) is 5.75 Å². The third kappa shape index (κ3) is 3.28. The Hall–Kier alpha value is -3.22. The summed E-state index contributed by atoms with van der Waals surface area (Å²) in [6, 6.07) is 15.4. The van der Waals surface area contributed by atoms with Gasteiger partial charge < -0.3 is 10.1 Å². The third-order valence-corrected chi connectivity index (χ3v) is 6.76. The van der Waals surface area contributed by atoms with Crippen LogP contribution in [0.1, 0.15) is 5.56 Å². The largest absolute Gasteiger partial charge is 0.495 e. The first-order valence-electron chi connectivity index (χ1n) is 9.52. The smallest absolute Gasteiger partial charge is 0.211 e. The van der Waals surface area contributed by atoms with Crippen LogP contribution in [0.25, 0.3) is 31.6 Å². The Balaban J connectivity index is 1.86. The first-order valence-corrected chi connectivity index (χ1v) is 10.7. The topological polar surface area (TPSA) is 51.2 Å². The minimum Gasteiger partial charge on any atom is -0.495 e. The van der Waals surface area contributed by atoms with Crippen molar-refractivity contribution >= 4 is 55.3 Å². The predicted octanol–water partition coefficient (Wildman–Crippen LogP) is 6.77. The summed E-state index contributed by atoms with van der Waals surface area (Å²) in [7, 11) is 1.54. The Bertz CT molecular complexity index is 1520.